The van der Waals surface area contributed by atoms with Gasteiger partial charge in [-0.3, -0.25) is 4.99 Å². The molecule has 0 spiro atoms. The van der Waals surface area contributed by atoms with Gasteiger partial charge in [0.05, 0.1) is 0 Å². The molecule has 1 heterocycles. The predicted octanol–water partition coefficient (Wildman–Crippen LogP) is 5.92. The van der Waals surface area contributed by atoms with E-state index in [4.69, 9.17) is 4.42 Å². The molecule has 0 unspecified atom stereocenters. The van der Waals surface area contributed by atoms with Gasteiger partial charge in [-0.05, 0) is 44.0 Å². The number of fused-ring (bicyclic) bond motifs is 3. The summed E-state index contributed by atoms with van der Waals surface area (Å²) < 4.78 is 5.94. The maximum Gasteiger partial charge on any atom is 0.136 e. The van der Waals surface area contributed by atoms with Crippen molar-refractivity contribution in [1.29, 1.82) is 0 Å². The van der Waals surface area contributed by atoms with Crippen LogP contribution < -0.4 is 0 Å². The van der Waals surface area contributed by atoms with Gasteiger partial charge in [0.25, 0.3) is 0 Å². The molecule has 0 saturated carbocycles. The summed E-state index contributed by atoms with van der Waals surface area (Å²) in [5.74, 6) is 0. The molecule has 0 bridgehead atoms. The van der Waals surface area contributed by atoms with Crippen molar-refractivity contribution in [3.8, 4) is 0 Å². The topological polar surface area (TPSA) is 25.5 Å². The quantitative estimate of drug-likeness (QED) is 0.326. The van der Waals surface area contributed by atoms with Crippen molar-refractivity contribution in [2.24, 2.45) is 4.99 Å². The van der Waals surface area contributed by atoms with E-state index in [9.17, 15) is 0 Å². The largest absolute Gasteiger partial charge is 0.456 e. The van der Waals surface area contributed by atoms with Gasteiger partial charge in [0.15, 0.2) is 0 Å². The zero-order chi connectivity index (χ0) is 16.1. The van der Waals surface area contributed by atoms with E-state index < -0.39 is 0 Å². The Labute approximate surface area is 136 Å². The Morgan fingerprint density at radius 2 is 1.87 bits per heavy atom. The smallest absolute Gasteiger partial charge is 0.136 e. The SMILES string of the molecule is C/C=C\C=C/CCN=C(C)c1ccc2c(c1)oc1ccccc12. The van der Waals surface area contributed by atoms with Gasteiger partial charge in [0.2, 0.25) is 0 Å². The van der Waals surface area contributed by atoms with Crippen LogP contribution in [-0.2, 0) is 0 Å². The third kappa shape index (κ3) is 3.42. The van der Waals surface area contributed by atoms with Crippen LogP contribution in [0.2, 0.25) is 0 Å². The van der Waals surface area contributed by atoms with Crippen LogP contribution in [0.5, 0.6) is 0 Å². The summed E-state index contributed by atoms with van der Waals surface area (Å²) in [6, 6.07) is 14.5. The number of aliphatic imine (C=N–C) groups is 1. The zero-order valence-corrected chi connectivity index (χ0v) is 13.6. The van der Waals surface area contributed by atoms with E-state index in [1.54, 1.807) is 0 Å². The zero-order valence-electron chi connectivity index (χ0n) is 13.6. The van der Waals surface area contributed by atoms with Crippen molar-refractivity contribution in [3.63, 3.8) is 0 Å². The molecule has 2 aromatic carbocycles. The third-order valence-electron chi connectivity index (χ3n) is 3.88. The fourth-order valence-electron chi connectivity index (χ4n) is 2.63. The molecule has 116 valence electrons. The number of para-hydroxylation sites is 1. The first kappa shape index (κ1) is 15.3. The molecule has 0 atom stereocenters. The first-order valence-corrected chi connectivity index (χ1v) is 8.00. The Kier molecular flexibility index (Phi) is 4.72. The van der Waals surface area contributed by atoms with Gasteiger partial charge in [-0.15, -0.1) is 0 Å². The average molecular weight is 303 g/mol. The van der Waals surface area contributed by atoms with Gasteiger partial charge in [0, 0.05) is 23.0 Å². The molecule has 0 aliphatic heterocycles. The molecule has 0 radical (unpaired) electrons. The van der Waals surface area contributed by atoms with Crippen LogP contribution in [0.3, 0.4) is 0 Å². The minimum Gasteiger partial charge on any atom is -0.456 e. The van der Waals surface area contributed by atoms with Gasteiger partial charge in [-0.2, -0.15) is 0 Å². The van der Waals surface area contributed by atoms with E-state index >= 15 is 0 Å². The Balaban J connectivity index is 1.80. The van der Waals surface area contributed by atoms with Crippen LogP contribution in [0.15, 0.2) is 76.2 Å². The highest BCUT2D eigenvalue weighted by Crippen LogP contribution is 2.29. The second-order valence-corrected chi connectivity index (χ2v) is 5.52. The third-order valence-corrected chi connectivity index (χ3v) is 3.88. The minimum absolute atomic E-state index is 0.804. The van der Waals surface area contributed by atoms with Crippen LogP contribution in [-0.4, -0.2) is 12.3 Å². The maximum atomic E-state index is 5.94. The van der Waals surface area contributed by atoms with Crippen molar-refractivity contribution in [2.45, 2.75) is 20.3 Å². The predicted molar refractivity (Wildman–Crippen MR) is 99.4 cm³/mol. The first-order chi connectivity index (χ1) is 11.3. The van der Waals surface area contributed by atoms with Crippen molar-refractivity contribution in [2.75, 3.05) is 6.54 Å². The minimum atomic E-state index is 0.804. The molecule has 0 aliphatic rings. The Morgan fingerprint density at radius 1 is 1.04 bits per heavy atom. The summed E-state index contributed by atoms with van der Waals surface area (Å²) in [6.45, 7) is 4.87. The molecule has 0 N–H and O–H groups in total. The second-order valence-electron chi connectivity index (χ2n) is 5.52. The highest BCUT2D eigenvalue weighted by Gasteiger charge is 2.07. The second kappa shape index (κ2) is 7.10. The van der Waals surface area contributed by atoms with E-state index in [1.807, 2.05) is 37.3 Å². The molecule has 0 amide bonds. The van der Waals surface area contributed by atoms with Crippen LogP contribution in [0.4, 0.5) is 0 Å². The van der Waals surface area contributed by atoms with E-state index in [0.717, 1.165) is 46.2 Å². The van der Waals surface area contributed by atoms with Crippen LogP contribution in [0.25, 0.3) is 21.9 Å². The number of hydrogen-bond donors (Lipinski definition) is 0. The van der Waals surface area contributed by atoms with Gasteiger partial charge in [-0.25, -0.2) is 0 Å². The summed E-state index contributed by atoms with van der Waals surface area (Å²) >= 11 is 0. The normalized spacial score (nSPS) is 13.0. The average Bonchev–Trinajstić information content (AvgIpc) is 2.95. The van der Waals surface area contributed by atoms with Gasteiger partial charge >= 0.3 is 0 Å². The molecule has 2 nitrogen and oxygen atoms in total. The Hall–Kier alpha value is -2.61. The van der Waals surface area contributed by atoms with Crippen LogP contribution in [0, 0.1) is 0 Å². The van der Waals surface area contributed by atoms with Crippen LogP contribution in [0.1, 0.15) is 25.8 Å². The van der Waals surface area contributed by atoms with E-state index in [-0.39, 0.29) is 0 Å². The summed E-state index contributed by atoms with van der Waals surface area (Å²) in [6.07, 6.45) is 9.21. The van der Waals surface area contributed by atoms with E-state index in [0.29, 0.717) is 0 Å². The fourth-order valence-corrected chi connectivity index (χ4v) is 2.63. The molecule has 23 heavy (non-hydrogen) atoms. The highest BCUT2D eigenvalue weighted by molar-refractivity contribution is 6.08. The number of allylic oxidation sites excluding steroid dienone is 3. The summed E-state index contributed by atoms with van der Waals surface area (Å²) in [7, 11) is 0. The van der Waals surface area contributed by atoms with Crippen molar-refractivity contribution >= 4 is 27.7 Å². The van der Waals surface area contributed by atoms with Crippen molar-refractivity contribution < 1.29 is 4.42 Å². The maximum absolute atomic E-state index is 5.94. The van der Waals surface area contributed by atoms with E-state index in [1.165, 1.54) is 0 Å². The fraction of sp³-hybridized carbons (Fsp3) is 0.190. The number of benzene rings is 2. The van der Waals surface area contributed by atoms with E-state index in [2.05, 4.69) is 48.3 Å². The monoisotopic (exact) mass is 303 g/mol. The molecule has 1 aromatic heterocycles. The summed E-state index contributed by atoms with van der Waals surface area (Å²) in [5.41, 5.74) is 4.02. The lowest BCUT2D eigenvalue weighted by Gasteiger charge is -2.00. The van der Waals surface area contributed by atoms with Gasteiger partial charge in [-0.1, -0.05) is 48.6 Å². The summed E-state index contributed by atoms with van der Waals surface area (Å²) in [5, 5.41) is 2.32. The Bertz CT molecular complexity index is 896. The summed E-state index contributed by atoms with van der Waals surface area (Å²) in [4.78, 5) is 4.65. The molecule has 0 saturated heterocycles. The lowest BCUT2D eigenvalue weighted by atomic mass is 10.1. The number of nitrogens with zero attached hydrogens (tertiary/aromatic N) is 1. The number of furan rings is 1. The molecule has 0 fully saturated rings. The number of hydrogen-bond acceptors (Lipinski definition) is 2. The highest BCUT2D eigenvalue weighted by atomic mass is 16.3. The first-order valence-electron chi connectivity index (χ1n) is 8.00. The molecular weight excluding hydrogens is 282 g/mol. The van der Waals surface area contributed by atoms with Crippen molar-refractivity contribution in [3.05, 3.63) is 72.3 Å². The Morgan fingerprint density at radius 3 is 2.74 bits per heavy atom. The van der Waals surface area contributed by atoms with Gasteiger partial charge < -0.3 is 4.42 Å². The molecular formula is C21H21NO. The molecule has 3 aromatic rings. The standard InChI is InChI=1S/C21H21NO/c1-3-4-5-6-9-14-22-16(2)17-12-13-19-18-10-7-8-11-20(18)23-21(19)15-17/h3-8,10-13,15H,9,14H2,1-2H3/b4-3-,6-5-,22-16?. The lowest BCUT2D eigenvalue weighted by Crippen LogP contribution is -1.95. The molecule has 0 aliphatic carbocycles. The molecule has 2 heteroatoms. The van der Waals surface area contributed by atoms with Crippen LogP contribution >= 0.6 is 0 Å². The lowest BCUT2D eigenvalue weighted by molar-refractivity contribution is 0.669. The van der Waals surface area contributed by atoms with Crippen molar-refractivity contribution in [1.82, 2.24) is 0 Å². The number of rotatable bonds is 5. The molecule has 3 rings (SSSR count). The van der Waals surface area contributed by atoms with Gasteiger partial charge in [0.1, 0.15) is 11.2 Å².